The Balaban J connectivity index is 3.10. The van der Waals surface area contributed by atoms with Gasteiger partial charge in [-0.15, -0.1) is 0 Å². The van der Waals surface area contributed by atoms with Gasteiger partial charge < -0.3 is 10.3 Å². The smallest absolute Gasteiger partial charge is 0.362 e. The molecule has 3 N–H and O–H groups in total. The molecule has 1 atom stereocenters. The van der Waals surface area contributed by atoms with Gasteiger partial charge in [0.05, 0.1) is 5.56 Å². The summed E-state index contributed by atoms with van der Waals surface area (Å²) < 4.78 is 4.51. The van der Waals surface area contributed by atoms with Crippen LogP contribution in [0.2, 0.25) is 0 Å². The van der Waals surface area contributed by atoms with Crippen LogP contribution in [-0.4, -0.2) is 5.16 Å². The number of nitrogens with one attached hydrogen (secondary N) is 1. The molecule has 0 radical (unpaired) electrons. The first-order valence-electron chi connectivity index (χ1n) is 3.63. The predicted molar refractivity (Wildman–Crippen MR) is 42.4 cm³/mol. The van der Waals surface area contributed by atoms with Gasteiger partial charge in [-0.05, 0) is 12.3 Å². The maximum atomic E-state index is 11.0. The number of aromatic amines is 1. The molecule has 1 aromatic rings. The average molecular weight is 156 g/mol. The lowest BCUT2D eigenvalue weighted by Crippen LogP contribution is -2.07. The third-order valence-electron chi connectivity index (χ3n) is 1.87. The summed E-state index contributed by atoms with van der Waals surface area (Å²) in [6.45, 7) is 3.94. The monoisotopic (exact) mass is 156 g/mol. The van der Waals surface area contributed by atoms with Gasteiger partial charge in [-0.2, -0.15) is 0 Å². The van der Waals surface area contributed by atoms with Gasteiger partial charge in [-0.25, -0.2) is 9.95 Å². The Kier molecular flexibility index (Phi) is 2.03. The minimum atomic E-state index is -0.350. The highest BCUT2D eigenvalue weighted by molar-refractivity contribution is 5.37. The molecule has 0 fully saturated rings. The number of nitrogen functional groups attached to an aromatic ring is 1. The van der Waals surface area contributed by atoms with Crippen molar-refractivity contribution in [2.45, 2.75) is 26.2 Å². The van der Waals surface area contributed by atoms with Crippen LogP contribution in [0.25, 0.3) is 0 Å². The Bertz CT molecular complexity index is 287. The van der Waals surface area contributed by atoms with Gasteiger partial charge >= 0.3 is 5.63 Å². The van der Waals surface area contributed by atoms with Crippen LogP contribution in [-0.2, 0) is 0 Å². The maximum Gasteiger partial charge on any atom is 0.362 e. The summed E-state index contributed by atoms with van der Waals surface area (Å²) in [5, 5.41) is 2.34. The topological polar surface area (TPSA) is 72.0 Å². The third-order valence-corrected chi connectivity index (χ3v) is 1.87. The molecule has 0 aromatic carbocycles. The fraction of sp³-hybridized carbons (Fsp3) is 0.571. The SMILES string of the molecule is CC[C@H](C)c1c(N)[nH]oc1=O. The Morgan fingerprint density at radius 3 is 2.73 bits per heavy atom. The van der Waals surface area contributed by atoms with Crippen LogP contribution in [0.1, 0.15) is 31.7 Å². The Labute approximate surface area is 64.4 Å². The molecule has 62 valence electrons. The lowest BCUT2D eigenvalue weighted by atomic mass is 10.0. The molecule has 1 aromatic heterocycles. The maximum absolute atomic E-state index is 11.0. The van der Waals surface area contributed by atoms with Crippen LogP contribution < -0.4 is 11.4 Å². The Hall–Kier alpha value is -1.19. The highest BCUT2D eigenvalue weighted by atomic mass is 16.5. The van der Waals surface area contributed by atoms with Crippen LogP contribution in [0.5, 0.6) is 0 Å². The van der Waals surface area contributed by atoms with Gasteiger partial charge in [0.15, 0.2) is 0 Å². The van der Waals surface area contributed by atoms with Crippen molar-refractivity contribution in [3.8, 4) is 0 Å². The first-order chi connectivity index (χ1) is 5.16. The fourth-order valence-corrected chi connectivity index (χ4v) is 0.992. The largest absolute Gasteiger partial charge is 0.383 e. The van der Waals surface area contributed by atoms with E-state index in [2.05, 4.69) is 9.68 Å². The molecule has 0 saturated carbocycles. The van der Waals surface area contributed by atoms with Crippen molar-refractivity contribution in [1.82, 2.24) is 5.16 Å². The molecular formula is C7H12N2O2. The minimum absolute atomic E-state index is 0.164. The van der Waals surface area contributed by atoms with E-state index in [9.17, 15) is 4.79 Å². The van der Waals surface area contributed by atoms with E-state index in [1.807, 2.05) is 13.8 Å². The van der Waals surface area contributed by atoms with Crippen molar-refractivity contribution in [2.75, 3.05) is 5.73 Å². The molecule has 1 rings (SSSR count). The summed E-state index contributed by atoms with van der Waals surface area (Å²) >= 11 is 0. The zero-order chi connectivity index (χ0) is 8.43. The van der Waals surface area contributed by atoms with Crippen molar-refractivity contribution in [1.29, 1.82) is 0 Å². The lowest BCUT2D eigenvalue weighted by Gasteiger charge is -2.02. The van der Waals surface area contributed by atoms with E-state index in [0.29, 0.717) is 11.4 Å². The van der Waals surface area contributed by atoms with Gasteiger partial charge in [0.1, 0.15) is 5.82 Å². The van der Waals surface area contributed by atoms with E-state index in [1.54, 1.807) is 0 Å². The van der Waals surface area contributed by atoms with E-state index >= 15 is 0 Å². The van der Waals surface area contributed by atoms with Crippen molar-refractivity contribution < 1.29 is 4.52 Å². The number of rotatable bonds is 2. The number of nitrogens with two attached hydrogens (primary N) is 1. The van der Waals surface area contributed by atoms with Crippen LogP contribution in [0.15, 0.2) is 9.32 Å². The van der Waals surface area contributed by atoms with Crippen LogP contribution in [0, 0.1) is 0 Å². The lowest BCUT2D eigenvalue weighted by molar-refractivity contribution is 0.391. The van der Waals surface area contributed by atoms with Crippen molar-refractivity contribution in [3.63, 3.8) is 0 Å². The molecule has 0 spiro atoms. The molecule has 4 heteroatoms. The molecule has 0 amide bonds. The quantitative estimate of drug-likeness (QED) is 0.672. The van der Waals surface area contributed by atoms with Crippen LogP contribution >= 0.6 is 0 Å². The number of aromatic nitrogens is 1. The summed E-state index contributed by atoms with van der Waals surface area (Å²) in [5.74, 6) is 0.516. The molecule has 4 nitrogen and oxygen atoms in total. The number of hydrogen-bond acceptors (Lipinski definition) is 3. The molecule has 1 heterocycles. The summed E-state index contributed by atoms with van der Waals surface area (Å²) in [5.41, 5.74) is 5.68. The van der Waals surface area contributed by atoms with Crippen molar-refractivity contribution >= 4 is 5.82 Å². The summed E-state index contributed by atoms with van der Waals surface area (Å²) in [6, 6.07) is 0. The Morgan fingerprint density at radius 1 is 1.73 bits per heavy atom. The van der Waals surface area contributed by atoms with E-state index in [-0.39, 0.29) is 11.5 Å². The molecule has 11 heavy (non-hydrogen) atoms. The normalized spacial score (nSPS) is 13.3. The summed E-state index contributed by atoms with van der Waals surface area (Å²) in [4.78, 5) is 11.0. The molecular weight excluding hydrogens is 144 g/mol. The highest BCUT2D eigenvalue weighted by Crippen LogP contribution is 2.18. The van der Waals surface area contributed by atoms with E-state index in [0.717, 1.165) is 6.42 Å². The second kappa shape index (κ2) is 2.82. The fourth-order valence-electron chi connectivity index (χ4n) is 0.992. The van der Waals surface area contributed by atoms with Gasteiger partial charge in [-0.3, -0.25) is 0 Å². The van der Waals surface area contributed by atoms with E-state index < -0.39 is 0 Å². The van der Waals surface area contributed by atoms with Gasteiger partial charge in [0, 0.05) is 0 Å². The first-order valence-corrected chi connectivity index (χ1v) is 3.63. The average Bonchev–Trinajstić information content (AvgIpc) is 2.30. The van der Waals surface area contributed by atoms with E-state index in [4.69, 9.17) is 5.73 Å². The highest BCUT2D eigenvalue weighted by Gasteiger charge is 2.14. The predicted octanol–water partition coefficient (Wildman–Crippen LogP) is 1.06. The zero-order valence-electron chi connectivity index (χ0n) is 6.68. The first kappa shape index (κ1) is 7.91. The molecule has 0 aliphatic rings. The molecule has 0 unspecified atom stereocenters. The zero-order valence-corrected chi connectivity index (χ0v) is 6.68. The van der Waals surface area contributed by atoms with Gasteiger partial charge in [-0.1, -0.05) is 13.8 Å². The second-order valence-corrected chi connectivity index (χ2v) is 2.63. The van der Waals surface area contributed by atoms with Crippen LogP contribution in [0.4, 0.5) is 5.82 Å². The second-order valence-electron chi connectivity index (χ2n) is 2.63. The third kappa shape index (κ3) is 1.29. The number of H-pyrrole nitrogens is 1. The summed E-state index contributed by atoms with van der Waals surface area (Å²) in [6.07, 6.45) is 0.882. The molecule has 0 aliphatic carbocycles. The molecule has 0 bridgehead atoms. The molecule has 0 saturated heterocycles. The summed E-state index contributed by atoms with van der Waals surface area (Å²) in [7, 11) is 0. The standard InChI is InChI=1S/C7H12N2O2/c1-3-4(2)5-6(8)9-11-7(5)10/h4,9H,3,8H2,1-2H3/t4-/m0/s1. The Morgan fingerprint density at radius 2 is 2.36 bits per heavy atom. The molecule has 0 aliphatic heterocycles. The van der Waals surface area contributed by atoms with Gasteiger partial charge in [0.2, 0.25) is 0 Å². The van der Waals surface area contributed by atoms with Crippen molar-refractivity contribution in [3.05, 3.63) is 16.0 Å². The number of anilines is 1. The number of hydrogen-bond donors (Lipinski definition) is 2. The van der Waals surface area contributed by atoms with Crippen molar-refractivity contribution in [2.24, 2.45) is 0 Å². The van der Waals surface area contributed by atoms with E-state index in [1.165, 1.54) is 0 Å². The minimum Gasteiger partial charge on any atom is -0.383 e. The van der Waals surface area contributed by atoms with Gasteiger partial charge in [0.25, 0.3) is 0 Å². The van der Waals surface area contributed by atoms with Crippen LogP contribution in [0.3, 0.4) is 0 Å².